The molecule has 0 unspecified atom stereocenters. The Morgan fingerprint density at radius 2 is 1.57 bits per heavy atom. The topological polar surface area (TPSA) is 67.9 Å². The molecule has 3 aromatic carbocycles. The number of nitrogens with zero attached hydrogens (tertiary/aromatic N) is 1. The molecule has 0 spiro atoms. The Morgan fingerprint density at radius 3 is 2.27 bits per heavy atom. The van der Waals surface area contributed by atoms with Gasteiger partial charge in [-0.1, -0.05) is 77.8 Å². The van der Waals surface area contributed by atoms with Gasteiger partial charge in [0.1, 0.15) is 6.04 Å². The lowest BCUT2D eigenvalue weighted by Gasteiger charge is -2.32. The van der Waals surface area contributed by atoms with Gasteiger partial charge in [-0.3, -0.25) is 9.59 Å². The number of nitrogens with one attached hydrogen (secondary N) is 1. The Morgan fingerprint density at radius 1 is 0.850 bits per heavy atom. The lowest BCUT2D eigenvalue weighted by atomic mass is 10.0. The third-order valence-corrected chi connectivity index (χ3v) is 7.07. The van der Waals surface area contributed by atoms with Crippen molar-refractivity contribution in [2.45, 2.75) is 65.5 Å². The van der Waals surface area contributed by atoms with Crippen LogP contribution in [-0.2, 0) is 29.0 Å². The lowest BCUT2D eigenvalue weighted by molar-refractivity contribution is -0.141. The SMILES string of the molecule is CCCCNC(=O)[C@H](Cc1ccccc1)N(Cc1cccc(Br)c1)C(=O)CCc1ccc(OCC)c(OCC)c1. The van der Waals surface area contributed by atoms with Crippen molar-refractivity contribution in [1.82, 2.24) is 10.2 Å². The summed E-state index contributed by atoms with van der Waals surface area (Å²) >= 11 is 3.54. The van der Waals surface area contributed by atoms with Crippen molar-refractivity contribution in [2.24, 2.45) is 0 Å². The smallest absolute Gasteiger partial charge is 0.243 e. The van der Waals surface area contributed by atoms with Gasteiger partial charge in [0.15, 0.2) is 11.5 Å². The highest BCUT2D eigenvalue weighted by molar-refractivity contribution is 9.10. The van der Waals surface area contributed by atoms with E-state index in [2.05, 4.69) is 28.2 Å². The average molecular weight is 610 g/mol. The molecule has 214 valence electrons. The molecule has 0 fully saturated rings. The van der Waals surface area contributed by atoms with Gasteiger partial charge in [-0.15, -0.1) is 0 Å². The molecule has 3 aromatic rings. The first-order valence-electron chi connectivity index (χ1n) is 14.2. The molecule has 3 rings (SSSR count). The molecule has 1 N–H and O–H groups in total. The number of rotatable bonds is 16. The molecule has 40 heavy (non-hydrogen) atoms. The van der Waals surface area contributed by atoms with Crippen LogP contribution in [0.5, 0.6) is 11.5 Å². The predicted octanol–water partition coefficient (Wildman–Crippen LogP) is 6.74. The summed E-state index contributed by atoms with van der Waals surface area (Å²) in [4.78, 5) is 29.2. The van der Waals surface area contributed by atoms with Crippen LogP contribution in [-0.4, -0.2) is 42.5 Å². The molecule has 7 heteroatoms. The zero-order valence-electron chi connectivity index (χ0n) is 23.8. The number of hydrogen-bond donors (Lipinski definition) is 1. The first-order chi connectivity index (χ1) is 19.4. The third-order valence-electron chi connectivity index (χ3n) is 6.58. The number of aryl methyl sites for hydroxylation is 1. The van der Waals surface area contributed by atoms with Crippen LogP contribution < -0.4 is 14.8 Å². The maximum absolute atomic E-state index is 13.9. The minimum Gasteiger partial charge on any atom is -0.490 e. The number of hydrogen-bond acceptors (Lipinski definition) is 4. The predicted molar refractivity (Wildman–Crippen MR) is 164 cm³/mol. The fraction of sp³-hybridized carbons (Fsp3) is 0.394. The average Bonchev–Trinajstić information content (AvgIpc) is 2.95. The van der Waals surface area contributed by atoms with Gasteiger partial charge in [0.25, 0.3) is 0 Å². The summed E-state index contributed by atoms with van der Waals surface area (Å²) in [5.74, 6) is 1.18. The van der Waals surface area contributed by atoms with Crippen LogP contribution in [0.3, 0.4) is 0 Å². The van der Waals surface area contributed by atoms with Crippen molar-refractivity contribution >= 4 is 27.7 Å². The minimum atomic E-state index is -0.634. The lowest BCUT2D eigenvalue weighted by Crippen LogP contribution is -2.50. The summed E-state index contributed by atoms with van der Waals surface area (Å²) in [6.45, 7) is 7.96. The largest absolute Gasteiger partial charge is 0.490 e. The zero-order chi connectivity index (χ0) is 28.7. The van der Waals surface area contributed by atoms with Gasteiger partial charge < -0.3 is 19.7 Å². The van der Waals surface area contributed by atoms with E-state index < -0.39 is 6.04 Å². The molecule has 0 saturated carbocycles. The fourth-order valence-corrected chi connectivity index (χ4v) is 4.98. The second-order valence-corrected chi connectivity index (χ2v) is 10.6. The van der Waals surface area contributed by atoms with Crippen molar-refractivity contribution < 1.29 is 19.1 Å². The molecule has 0 aromatic heterocycles. The Kier molecular flexibility index (Phi) is 13.0. The van der Waals surface area contributed by atoms with Crippen LogP contribution in [0.2, 0.25) is 0 Å². The number of ether oxygens (including phenoxy) is 2. The van der Waals surface area contributed by atoms with E-state index in [-0.39, 0.29) is 18.2 Å². The minimum absolute atomic E-state index is 0.0709. The maximum Gasteiger partial charge on any atom is 0.243 e. The monoisotopic (exact) mass is 608 g/mol. The van der Waals surface area contributed by atoms with Gasteiger partial charge in [0.2, 0.25) is 11.8 Å². The van der Waals surface area contributed by atoms with Crippen molar-refractivity contribution in [3.63, 3.8) is 0 Å². The second-order valence-electron chi connectivity index (χ2n) is 9.65. The zero-order valence-corrected chi connectivity index (χ0v) is 25.4. The summed E-state index contributed by atoms with van der Waals surface area (Å²) in [6.07, 6.45) is 3.10. The van der Waals surface area contributed by atoms with Gasteiger partial charge >= 0.3 is 0 Å². The second kappa shape index (κ2) is 16.7. The number of benzene rings is 3. The summed E-state index contributed by atoms with van der Waals surface area (Å²) in [5, 5.41) is 3.08. The van der Waals surface area contributed by atoms with Crippen LogP contribution in [0.25, 0.3) is 0 Å². The van der Waals surface area contributed by atoms with Crippen molar-refractivity contribution in [1.29, 1.82) is 0 Å². The molecule has 0 aliphatic heterocycles. The van der Waals surface area contributed by atoms with E-state index in [1.807, 2.05) is 86.6 Å². The van der Waals surface area contributed by atoms with Crippen molar-refractivity contribution in [3.8, 4) is 11.5 Å². The Labute approximate surface area is 247 Å². The Hall–Kier alpha value is -3.32. The van der Waals surface area contributed by atoms with E-state index in [0.717, 1.165) is 34.0 Å². The molecular weight excluding hydrogens is 568 g/mol. The standard InChI is InChI=1S/C33H41BrN2O4/c1-4-7-20-35-33(38)29(22-25-12-9-8-10-13-25)36(24-27-14-11-15-28(34)21-27)32(37)19-17-26-16-18-30(39-5-2)31(23-26)40-6-3/h8-16,18,21,23,29H,4-7,17,19-20,22,24H2,1-3H3,(H,35,38)/t29-/m0/s1. The van der Waals surface area contributed by atoms with E-state index >= 15 is 0 Å². The molecule has 0 aliphatic rings. The Bertz CT molecular complexity index is 1220. The molecule has 1 atom stereocenters. The number of carbonyl (C=O) groups is 2. The summed E-state index contributed by atoms with van der Waals surface area (Å²) in [5.41, 5.74) is 2.95. The van der Waals surface area contributed by atoms with E-state index in [1.54, 1.807) is 4.90 Å². The van der Waals surface area contributed by atoms with E-state index in [1.165, 1.54) is 0 Å². The summed E-state index contributed by atoms with van der Waals surface area (Å²) in [7, 11) is 0. The van der Waals surface area contributed by atoms with Crippen LogP contribution in [0.1, 0.15) is 56.7 Å². The first-order valence-corrected chi connectivity index (χ1v) is 15.0. The van der Waals surface area contributed by atoms with Crippen molar-refractivity contribution in [3.05, 3.63) is 94.0 Å². The highest BCUT2D eigenvalue weighted by Gasteiger charge is 2.30. The van der Waals surface area contributed by atoms with Crippen LogP contribution in [0, 0.1) is 0 Å². The maximum atomic E-state index is 13.9. The number of halogens is 1. The molecule has 0 aliphatic carbocycles. The van der Waals surface area contributed by atoms with E-state index in [4.69, 9.17) is 9.47 Å². The van der Waals surface area contributed by atoms with Gasteiger partial charge in [-0.25, -0.2) is 0 Å². The fourth-order valence-electron chi connectivity index (χ4n) is 4.54. The van der Waals surface area contributed by atoms with Gasteiger partial charge in [0, 0.05) is 30.4 Å². The van der Waals surface area contributed by atoms with E-state index in [0.29, 0.717) is 50.6 Å². The third kappa shape index (κ3) is 9.70. The normalized spacial score (nSPS) is 11.5. The van der Waals surface area contributed by atoms with Gasteiger partial charge in [-0.05, 0) is 67.6 Å². The highest BCUT2D eigenvalue weighted by Crippen LogP contribution is 2.29. The number of amides is 2. The summed E-state index contributed by atoms with van der Waals surface area (Å²) in [6, 6.07) is 22.9. The Balaban J connectivity index is 1.88. The number of unbranched alkanes of at least 4 members (excludes halogenated alkanes) is 1. The molecule has 0 saturated heterocycles. The summed E-state index contributed by atoms with van der Waals surface area (Å²) < 4.78 is 12.4. The van der Waals surface area contributed by atoms with Gasteiger partial charge in [0.05, 0.1) is 13.2 Å². The van der Waals surface area contributed by atoms with Crippen LogP contribution in [0.15, 0.2) is 77.3 Å². The molecule has 0 radical (unpaired) electrons. The molecule has 6 nitrogen and oxygen atoms in total. The number of carbonyl (C=O) groups excluding carboxylic acids is 2. The van der Waals surface area contributed by atoms with Crippen LogP contribution >= 0.6 is 15.9 Å². The molecule has 0 heterocycles. The highest BCUT2D eigenvalue weighted by atomic mass is 79.9. The van der Waals surface area contributed by atoms with E-state index in [9.17, 15) is 9.59 Å². The molecular formula is C33H41BrN2O4. The van der Waals surface area contributed by atoms with Crippen molar-refractivity contribution in [2.75, 3.05) is 19.8 Å². The van der Waals surface area contributed by atoms with Gasteiger partial charge in [-0.2, -0.15) is 0 Å². The first kappa shape index (κ1) is 31.2. The molecule has 2 amide bonds. The quantitative estimate of drug-likeness (QED) is 0.183. The van der Waals surface area contributed by atoms with Crippen LogP contribution in [0.4, 0.5) is 0 Å². The molecule has 0 bridgehead atoms.